The van der Waals surface area contributed by atoms with Crippen molar-refractivity contribution < 1.29 is 0 Å². The summed E-state index contributed by atoms with van der Waals surface area (Å²) in [7, 11) is 0. The summed E-state index contributed by atoms with van der Waals surface area (Å²) in [4.78, 5) is 12.9. The quantitative estimate of drug-likeness (QED) is 0.679. The molecule has 5 heteroatoms. The van der Waals surface area contributed by atoms with E-state index >= 15 is 0 Å². The number of thiophene rings is 1. The zero-order chi connectivity index (χ0) is 11.0. The van der Waals surface area contributed by atoms with Gasteiger partial charge in [-0.2, -0.15) is 0 Å². The molecule has 0 saturated heterocycles. The topological polar surface area (TPSA) is 43.6 Å². The number of hydrogen-bond acceptors (Lipinski definition) is 4. The van der Waals surface area contributed by atoms with Crippen LogP contribution >= 0.6 is 11.3 Å². The first-order valence-corrected chi connectivity index (χ1v) is 5.99. The molecule has 3 aromatic rings. The van der Waals surface area contributed by atoms with E-state index in [1.807, 2.05) is 22.2 Å². The molecule has 0 fully saturated rings. The summed E-state index contributed by atoms with van der Waals surface area (Å²) in [5.41, 5.74) is 0.991. The number of aryl methyl sites for hydroxylation is 1. The molecule has 0 atom stereocenters. The molecule has 0 amide bonds. The Hall–Kier alpha value is -1.75. The first kappa shape index (κ1) is 9.47. The summed E-state index contributed by atoms with van der Waals surface area (Å²) < 4.78 is 3.13. The van der Waals surface area contributed by atoms with Crippen LogP contribution in [0.4, 0.5) is 0 Å². The highest BCUT2D eigenvalue weighted by Crippen LogP contribution is 2.24. The predicted octanol–water partition coefficient (Wildman–Crippen LogP) is 2.44. The SMILES string of the molecule is CCc1nccn1-c1ncnc2ccsc12. The van der Waals surface area contributed by atoms with Crippen LogP contribution in [0.15, 0.2) is 30.2 Å². The van der Waals surface area contributed by atoms with Gasteiger partial charge in [0.1, 0.15) is 12.2 Å². The highest BCUT2D eigenvalue weighted by molar-refractivity contribution is 7.17. The summed E-state index contributed by atoms with van der Waals surface area (Å²) in [5.74, 6) is 1.95. The Morgan fingerprint density at radius 3 is 3.12 bits per heavy atom. The van der Waals surface area contributed by atoms with E-state index in [2.05, 4.69) is 21.9 Å². The van der Waals surface area contributed by atoms with E-state index in [1.165, 1.54) is 0 Å². The highest BCUT2D eigenvalue weighted by Gasteiger charge is 2.09. The Balaban J connectivity index is 2.29. The smallest absolute Gasteiger partial charge is 0.159 e. The number of fused-ring (bicyclic) bond motifs is 1. The lowest BCUT2D eigenvalue weighted by Gasteiger charge is -2.05. The maximum atomic E-state index is 4.35. The predicted molar refractivity (Wildman–Crippen MR) is 63.9 cm³/mol. The second-order valence-electron chi connectivity index (χ2n) is 3.40. The second-order valence-corrected chi connectivity index (χ2v) is 4.32. The van der Waals surface area contributed by atoms with E-state index in [4.69, 9.17) is 0 Å². The molecule has 0 spiro atoms. The molecule has 3 rings (SSSR count). The van der Waals surface area contributed by atoms with Gasteiger partial charge in [0.05, 0.1) is 10.2 Å². The van der Waals surface area contributed by atoms with Gasteiger partial charge < -0.3 is 0 Å². The number of imidazole rings is 1. The van der Waals surface area contributed by atoms with Crippen molar-refractivity contribution in [2.24, 2.45) is 0 Å². The minimum atomic E-state index is 0.893. The van der Waals surface area contributed by atoms with Gasteiger partial charge in [0.2, 0.25) is 0 Å². The van der Waals surface area contributed by atoms with Crippen molar-refractivity contribution in [2.45, 2.75) is 13.3 Å². The number of aromatic nitrogens is 4. The summed E-state index contributed by atoms with van der Waals surface area (Å²) in [6, 6.07) is 2.01. The van der Waals surface area contributed by atoms with Crippen molar-refractivity contribution in [3.8, 4) is 5.82 Å². The van der Waals surface area contributed by atoms with Crippen LogP contribution < -0.4 is 0 Å². The van der Waals surface area contributed by atoms with E-state index in [0.717, 1.165) is 28.3 Å². The lowest BCUT2D eigenvalue weighted by molar-refractivity contribution is 0.871. The van der Waals surface area contributed by atoms with Crippen molar-refractivity contribution >= 4 is 21.6 Å². The van der Waals surface area contributed by atoms with Crippen LogP contribution in [0.25, 0.3) is 16.0 Å². The third kappa shape index (κ3) is 1.32. The average Bonchev–Trinajstić information content (AvgIpc) is 2.96. The molecule has 80 valence electrons. The Morgan fingerprint density at radius 1 is 1.31 bits per heavy atom. The van der Waals surface area contributed by atoms with E-state index in [9.17, 15) is 0 Å². The van der Waals surface area contributed by atoms with Gasteiger partial charge in [-0.05, 0) is 11.4 Å². The Kier molecular flexibility index (Phi) is 2.18. The molecule has 0 aliphatic heterocycles. The van der Waals surface area contributed by atoms with Crippen LogP contribution in [0.3, 0.4) is 0 Å². The highest BCUT2D eigenvalue weighted by atomic mass is 32.1. The van der Waals surface area contributed by atoms with Gasteiger partial charge >= 0.3 is 0 Å². The van der Waals surface area contributed by atoms with Crippen LogP contribution in [0.2, 0.25) is 0 Å². The summed E-state index contributed by atoms with van der Waals surface area (Å²) >= 11 is 1.66. The molecule has 0 radical (unpaired) electrons. The number of nitrogens with zero attached hydrogens (tertiary/aromatic N) is 4. The van der Waals surface area contributed by atoms with Gasteiger partial charge in [-0.15, -0.1) is 11.3 Å². The Morgan fingerprint density at radius 2 is 2.25 bits per heavy atom. The molecule has 0 unspecified atom stereocenters. The molecule has 16 heavy (non-hydrogen) atoms. The largest absolute Gasteiger partial charge is 0.287 e. The monoisotopic (exact) mass is 230 g/mol. The van der Waals surface area contributed by atoms with Gasteiger partial charge in [-0.1, -0.05) is 6.92 Å². The lowest BCUT2D eigenvalue weighted by atomic mass is 10.4. The summed E-state index contributed by atoms with van der Waals surface area (Å²) in [5, 5.41) is 2.03. The molecule has 0 aliphatic carbocycles. The van der Waals surface area contributed by atoms with Crippen LogP contribution in [-0.4, -0.2) is 19.5 Å². The molecule has 3 aromatic heterocycles. The number of hydrogen-bond donors (Lipinski definition) is 0. The standard InChI is InChI=1S/C11H10N4S/c1-2-9-12-4-5-15(9)11-10-8(3-6-16-10)13-7-14-11/h3-7H,2H2,1H3. The van der Waals surface area contributed by atoms with Gasteiger partial charge in [0.15, 0.2) is 5.82 Å². The van der Waals surface area contributed by atoms with Gasteiger partial charge in [0.25, 0.3) is 0 Å². The van der Waals surface area contributed by atoms with E-state index in [1.54, 1.807) is 23.9 Å². The van der Waals surface area contributed by atoms with Crippen LogP contribution in [-0.2, 0) is 6.42 Å². The molecule has 0 N–H and O–H groups in total. The maximum Gasteiger partial charge on any atom is 0.159 e. The molecule has 4 nitrogen and oxygen atoms in total. The minimum Gasteiger partial charge on any atom is -0.287 e. The van der Waals surface area contributed by atoms with Crippen molar-refractivity contribution in [1.29, 1.82) is 0 Å². The third-order valence-corrected chi connectivity index (χ3v) is 3.39. The normalized spacial score (nSPS) is 11.1. The number of rotatable bonds is 2. The first-order chi connectivity index (χ1) is 7.90. The fourth-order valence-corrected chi connectivity index (χ4v) is 2.57. The van der Waals surface area contributed by atoms with Gasteiger partial charge in [0, 0.05) is 18.8 Å². The Bertz CT molecular complexity index is 625. The first-order valence-electron chi connectivity index (χ1n) is 5.11. The zero-order valence-corrected chi connectivity index (χ0v) is 9.61. The minimum absolute atomic E-state index is 0.893. The van der Waals surface area contributed by atoms with Crippen molar-refractivity contribution in [2.75, 3.05) is 0 Å². The van der Waals surface area contributed by atoms with Gasteiger partial charge in [-0.3, -0.25) is 4.57 Å². The van der Waals surface area contributed by atoms with Crippen LogP contribution in [0, 0.1) is 0 Å². The average molecular weight is 230 g/mol. The van der Waals surface area contributed by atoms with Crippen molar-refractivity contribution in [3.05, 3.63) is 36.0 Å². The van der Waals surface area contributed by atoms with Gasteiger partial charge in [-0.25, -0.2) is 15.0 Å². The molecule has 0 aliphatic rings. The third-order valence-electron chi connectivity index (χ3n) is 2.49. The van der Waals surface area contributed by atoms with Crippen molar-refractivity contribution in [1.82, 2.24) is 19.5 Å². The molecule has 0 bridgehead atoms. The summed E-state index contributed by atoms with van der Waals surface area (Å²) in [6.45, 7) is 2.09. The molecular formula is C11H10N4S. The van der Waals surface area contributed by atoms with E-state index in [-0.39, 0.29) is 0 Å². The van der Waals surface area contributed by atoms with E-state index in [0.29, 0.717) is 0 Å². The maximum absolute atomic E-state index is 4.35. The molecule has 0 aromatic carbocycles. The molecule has 3 heterocycles. The van der Waals surface area contributed by atoms with Crippen LogP contribution in [0.1, 0.15) is 12.7 Å². The summed E-state index contributed by atoms with van der Waals surface area (Å²) in [6.07, 6.45) is 6.24. The van der Waals surface area contributed by atoms with Crippen LogP contribution in [0.5, 0.6) is 0 Å². The van der Waals surface area contributed by atoms with E-state index < -0.39 is 0 Å². The van der Waals surface area contributed by atoms with Crippen molar-refractivity contribution in [3.63, 3.8) is 0 Å². The molecule has 0 saturated carbocycles. The Labute approximate surface area is 96.6 Å². The fraction of sp³-hybridized carbons (Fsp3) is 0.182. The fourth-order valence-electron chi connectivity index (χ4n) is 1.74. The molecular weight excluding hydrogens is 220 g/mol. The zero-order valence-electron chi connectivity index (χ0n) is 8.79. The second kappa shape index (κ2) is 3.68. The lowest BCUT2D eigenvalue weighted by Crippen LogP contribution is -2.01.